The number of anilines is 2. The maximum absolute atomic E-state index is 15.3. The van der Waals surface area contributed by atoms with Crippen molar-refractivity contribution in [2.75, 3.05) is 24.3 Å². The summed E-state index contributed by atoms with van der Waals surface area (Å²) in [6, 6.07) is 12.7. The number of fused-ring (bicyclic) bond motifs is 1. The van der Waals surface area contributed by atoms with Crippen LogP contribution in [0.2, 0.25) is 0 Å². The number of carbonyl (C=O) groups excluding carboxylic acids is 1. The fourth-order valence-corrected chi connectivity index (χ4v) is 4.67. The summed E-state index contributed by atoms with van der Waals surface area (Å²) in [6.07, 6.45) is 1.21. The minimum atomic E-state index is -3.05. The lowest BCUT2D eigenvalue weighted by Crippen LogP contribution is -2.40. The third-order valence-electron chi connectivity index (χ3n) is 6.73. The van der Waals surface area contributed by atoms with Crippen molar-refractivity contribution in [3.8, 4) is 22.9 Å². The summed E-state index contributed by atoms with van der Waals surface area (Å²) in [7, 11) is 0. The molecule has 0 amide bonds. The number of rotatable bonds is 9. The van der Waals surface area contributed by atoms with Gasteiger partial charge in [-0.25, -0.2) is 13.5 Å². The van der Waals surface area contributed by atoms with E-state index in [1.165, 1.54) is 42.6 Å². The first kappa shape index (κ1) is 27.1. The molecule has 0 aliphatic carbocycles. The molecular formula is C29H23F4N5O4. The number of nitrogen functional groups attached to an aromatic ring is 1. The summed E-state index contributed by atoms with van der Waals surface area (Å²) in [5, 5.41) is 7.67. The molecular weight excluding hydrogens is 558 g/mol. The Balaban J connectivity index is 1.30. The molecule has 9 nitrogen and oxygen atoms in total. The largest absolute Gasteiger partial charge is 0.454 e. The number of H-pyrrole nitrogens is 1. The number of para-hydroxylation sites is 1. The third kappa shape index (κ3) is 5.09. The Hall–Kier alpha value is -5.04. The zero-order valence-corrected chi connectivity index (χ0v) is 22.0. The standard InChI is InChI=1S/C29H23F4N5O4/c1-14-6-17(41-24-5-3-2-4-19(24)30)9-20(31)26(14)38-28(34)18(11-35-38)27(39)23-7-15-8-25(42-29(32)33)22(10-21(15)37-23)36-16-12-40-13-16/h2-11,16,29,36-37H,12-13,34H2,1H3. The highest BCUT2D eigenvalue weighted by atomic mass is 19.3. The maximum atomic E-state index is 15.3. The van der Waals surface area contributed by atoms with E-state index in [0.717, 1.165) is 10.7 Å². The first-order valence-corrected chi connectivity index (χ1v) is 12.7. The summed E-state index contributed by atoms with van der Waals surface area (Å²) in [6.45, 7) is -0.612. The smallest absolute Gasteiger partial charge is 0.387 e. The van der Waals surface area contributed by atoms with Crippen LogP contribution >= 0.6 is 0 Å². The number of aromatic amines is 1. The molecule has 0 bridgehead atoms. The first-order chi connectivity index (χ1) is 20.2. The van der Waals surface area contributed by atoms with E-state index < -0.39 is 24.0 Å². The van der Waals surface area contributed by atoms with Gasteiger partial charge in [0.05, 0.1) is 42.4 Å². The fourth-order valence-electron chi connectivity index (χ4n) is 4.67. The van der Waals surface area contributed by atoms with E-state index in [9.17, 15) is 18.0 Å². The highest BCUT2D eigenvalue weighted by Gasteiger charge is 2.25. The molecule has 13 heteroatoms. The zero-order chi connectivity index (χ0) is 29.5. The Kier molecular flexibility index (Phi) is 6.94. The van der Waals surface area contributed by atoms with Gasteiger partial charge in [-0.15, -0.1) is 0 Å². The van der Waals surface area contributed by atoms with E-state index in [2.05, 4.69) is 20.1 Å². The Labute approximate surface area is 235 Å². The van der Waals surface area contributed by atoms with Crippen molar-refractivity contribution in [2.24, 2.45) is 0 Å². The lowest BCUT2D eigenvalue weighted by molar-refractivity contribution is -0.0494. The molecule has 1 saturated heterocycles. The second-order valence-electron chi connectivity index (χ2n) is 9.66. The van der Waals surface area contributed by atoms with E-state index in [1.807, 2.05) is 0 Å². The molecule has 0 atom stereocenters. The average Bonchev–Trinajstić information content (AvgIpc) is 3.49. The number of nitrogens with two attached hydrogens (primary N) is 1. The number of nitrogens with zero attached hydrogens (tertiary/aromatic N) is 2. The summed E-state index contributed by atoms with van der Waals surface area (Å²) >= 11 is 0. The van der Waals surface area contributed by atoms with Gasteiger partial charge in [0.1, 0.15) is 23.0 Å². The van der Waals surface area contributed by atoms with E-state index in [1.54, 1.807) is 19.1 Å². The number of alkyl halides is 2. The monoisotopic (exact) mass is 581 g/mol. The summed E-state index contributed by atoms with van der Waals surface area (Å²) in [5.41, 5.74) is 7.50. The maximum Gasteiger partial charge on any atom is 0.387 e. The number of hydrogen-bond acceptors (Lipinski definition) is 7. The predicted molar refractivity (Wildman–Crippen MR) is 146 cm³/mol. The van der Waals surface area contributed by atoms with Gasteiger partial charge in [-0.2, -0.15) is 13.9 Å². The van der Waals surface area contributed by atoms with Crippen LogP contribution in [0.5, 0.6) is 17.2 Å². The van der Waals surface area contributed by atoms with Crippen molar-refractivity contribution in [1.29, 1.82) is 0 Å². The highest BCUT2D eigenvalue weighted by molar-refractivity contribution is 6.12. The van der Waals surface area contributed by atoms with Gasteiger partial charge in [-0.05, 0) is 48.9 Å². The van der Waals surface area contributed by atoms with Crippen molar-refractivity contribution in [3.63, 3.8) is 0 Å². The van der Waals surface area contributed by atoms with Crippen molar-refractivity contribution in [1.82, 2.24) is 14.8 Å². The number of hydrogen-bond donors (Lipinski definition) is 3. The Bertz CT molecular complexity index is 1790. The number of aryl methyl sites for hydroxylation is 1. The number of nitrogens with one attached hydrogen (secondary N) is 2. The second kappa shape index (κ2) is 10.7. The minimum Gasteiger partial charge on any atom is -0.454 e. The fraction of sp³-hybridized carbons (Fsp3) is 0.172. The van der Waals surface area contributed by atoms with Crippen LogP contribution in [0, 0.1) is 18.6 Å². The Morgan fingerprint density at radius 2 is 1.90 bits per heavy atom. The van der Waals surface area contributed by atoms with E-state index in [-0.39, 0.29) is 46.1 Å². The molecule has 0 saturated carbocycles. The Morgan fingerprint density at radius 3 is 2.60 bits per heavy atom. The van der Waals surface area contributed by atoms with Crippen molar-refractivity contribution < 1.29 is 36.6 Å². The van der Waals surface area contributed by atoms with Gasteiger partial charge in [0.25, 0.3) is 0 Å². The highest BCUT2D eigenvalue weighted by Crippen LogP contribution is 2.35. The molecule has 4 N–H and O–H groups in total. The van der Waals surface area contributed by atoms with Gasteiger partial charge in [-0.1, -0.05) is 12.1 Å². The van der Waals surface area contributed by atoms with Crippen LogP contribution in [0.3, 0.4) is 0 Å². The van der Waals surface area contributed by atoms with Crippen LogP contribution in [-0.2, 0) is 4.74 Å². The normalized spacial score (nSPS) is 13.4. The molecule has 2 aromatic heterocycles. The van der Waals surface area contributed by atoms with Gasteiger partial charge in [-0.3, -0.25) is 4.79 Å². The molecule has 6 rings (SSSR count). The first-order valence-electron chi connectivity index (χ1n) is 12.7. The van der Waals surface area contributed by atoms with Crippen molar-refractivity contribution in [2.45, 2.75) is 19.6 Å². The molecule has 1 aliphatic rings. The number of benzene rings is 3. The molecule has 0 spiro atoms. The van der Waals surface area contributed by atoms with E-state index >= 15 is 4.39 Å². The molecule has 3 aromatic carbocycles. The van der Waals surface area contributed by atoms with Gasteiger partial charge in [0.15, 0.2) is 17.4 Å². The molecule has 42 heavy (non-hydrogen) atoms. The third-order valence-corrected chi connectivity index (χ3v) is 6.73. The average molecular weight is 582 g/mol. The topological polar surface area (TPSA) is 116 Å². The molecule has 3 heterocycles. The molecule has 5 aromatic rings. The summed E-state index contributed by atoms with van der Waals surface area (Å²) < 4.78 is 71.8. The number of ketones is 1. The molecule has 1 aliphatic heterocycles. The van der Waals surface area contributed by atoms with Crippen LogP contribution in [0.15, 0.2) is 60.8 Å². The minimum absolute atomic E-state index is 0.0129. The molecule has 216 valence electrons. The van der Waals surface area contributed by atoms with Gasteiger partial charge in [0, 0.05) is 17.0 Å². The molecule has 0 unspecified atom stereocenters. The zero-order valence-electron chi connectivity index (χ0n) is 22.0. The van der Waals surface area contributed by atoms with Crippen LogP contribution < -0.4 is 20.5 Å². The number of ether oxygens (including phenoxy) is 3. The number of aromatic nitrogens is 3. The second-order valence-corrected chi connectivity index (χ2v) is 9.66. The van der Waals surface area contributed by atoms with Crippen LogP contribution in [-0.4, -0.2) is 46.4 Å². The molecule has 0 radical (unpaired) electrons. The lowest BCUT2D eigenvalue weighted by Gasteiger charge is -2.28. The lowest BCUT2D eigenvalue weighted by atomic mass is 10.1. The van der Waals surface area contributed by atoms with Crippen LogP contribution in [0.1, 0.15) is 21.6 Å². The predicted octanol–water partition coefficient (Wildman–Crippen LogP) is 5.96. The quantitative estimate of drug-likeness (QED) is 0.145. The van der Waals surface area contributed by atoms with E-state index in [4.69, 9.17) is 15.2 Å². The van der Waals surface area contributed by atoms with E-state index in [0.29, 0.717) is 35.4 Å². The molecule has 1 fully saturated rings. The summed E-state index contributed by atoms with van der Waals surface area (Å²) in [4.78, 5) is 16.4. The van der Waals surface area contributed by atoms with Crippen molar-refractivity contribution >= 4 is 28.2 Å². The van der Waals surface area contributed by atoms with Gasteiger partial charge < -0.3 is 30.2 Å². The van der Waals surface area contributed by atoms with Crippen molar-refractivity contribution in [3.05, 3.63) is 89.2 Å². The van der Waals surface area contributed by atoms with Gasteiger partial charge >= 0.3 is 6.61 Å². The van der Waals surface area contributed by atoms with Gasteiger partial charge in [0.2, 0.25) is 5.78 Å². The number of halogens is 4. The Morgan fingerprint density at radius 1 is 1.12 bits per heavy atom. The van der Waals surface area contributed by atoms with Crippen LogP contribution in [0.25, 0.3) is 16.6 Å². The summed E-state index contributed by atoms with van der Waals surface area (Å²) in [5.74, 6) is -2.13. The SMILES string of the molecule is Cc1cc(Oc2ccccc2F)cc(F)c1-n1ncc(C(=O)c2cc3cc(OC(F)F)c(NC4COC4)cc3[nH]2)c1N. The number of carbonyl (C=O) groups is 1. The van der Waals surface area contributed by atoms with Crippen LogP contribution in [0.4, 0.5) is 29.1 Å².